The standard InChI is InChI=1S/C16H13ClO2/c1-2-11-18-12-13-3-7-15(8-4-13)19-16-9-5-14(17)6-10-16/h1,3-10H,11-12H2. The van der Waals surface area contributed by atoms with Crippen molar-refractivity contribution < 1.29 is 9.47 Å². The Morgan fingerprint density at radius 1 is 0.947 bits per heavy atom. The van der Waals surface area contributed by atoms with E-state index in [1.54, 1.807) is 12.1 Å². The molecule has 0 aliphatic rings. The molecule has 2 nitrogen and oxygen atoms in total. The quantitative estimate of drug-likeness (QED) is 0.597. The maximum atomic E-state index is 5.81. The Kier molecular flexibility index (Phi) is 4.85. The summed E-state index contributed by atoms with van der Waals surface area (Å²) in [5.41, 5.74) is 1.05. The number of hydrogen-bond acceptors (Lipinski definition) is 2. The molecular weight excluding hydrogens is 260 g/mol. The predicted molar refractivity (Wildman–Crippen MR) is 76.5 cm³/mol. The van der Waals surface area contributed by atoms with E-state index in [1.807, 2.05) is 36.4 Å². The molecule has 0 aromatic heterocycles. The fourth-order valence-electron chi connectivity index (χ4n) is 1.52. The molecule has 2 aromatic carbocycles. The van der Waals surface area contributed by atoms with Gasteiger partial charge in [-0.05, 0) is 42.0 Å². The monoisotopic (exact) mass is 272 g/mol. The van der Waals surface area contributed by atoms with Crippen molar-refractivity contribution in [3.63, 3.8) is 0 Å². The fraction of sp³-hybridized carbons (Fsp3) is 0.125. The van der Waals surface area contributed by atoms with E-state index in [0.717, 1.165) is 17.1 Å². The molecule has 0 spiro atoms. The molecule has 0 aliphatic heterocycles. The van der Waals surface area contributed by atoms with Gasteiger partial charge in [0.1, 0.15) is 18.1 Å². The van der Waals surface area contributed by atoms with Gasteiger partial charge in [0, 0.05) is 5.02 Å². The van der Waals surface area contributed by atoms with E-state index in [-0.39, 0.29) is 0 Å². The minimum Gasteiger partial charge on any atom is -0.457 e. The van der Waals surface area contributed by atoms with Crippen molar-refractivity contribution in [1.29, 1.82) is 0 Å². The van der Waals surface area contributed by atoms with E-state index in [1.165, 1.54) is 0 Å². The highest BCUT2D eigenvalue weighted by Crippen LogP contribution is 2.23. The third-order valence-electron chi connectivity index (χ3n) is 2.43. The van der Waals surface area contributed by atoms with Crippen molar-refractivity contribution >= 4 is 11.6 Å². The topological polar surface area (TPSA) is 18.5 Å². The summed E-state index contributed by atoms with van der Waals surface area (Å²) in [6.45, 7) is 0.828. The maximum Gasteiger partial charge on any atom is 0.127 e. The number of hydrogen-bond donors (Lipinski definition) is 0. The summed E-state index contributed by atoms with van der Waals surface area (Å²) in [7, 11) is 0. The maximum absolute atomic E-state index is 5.81. The zero-order chi connectivity index (χ0) is 13.5. The van der Waals surface area contributed by atoms with Gasteiger partial charge in [-0.25, -0.2) is 0 Å². The van der Waals surface area contributed by atoms with Crippen LogP contribution in [0.2, 0.25) is 5.02 Å². The van der Waals surface area contributed by atoms with Crippen LogP contribution >= 0.6 is 11.6 Å². The van der Waals surface area contributed by atoms with Crippen molar-refractivity contribution in [2.24, 2.45) is 0 Å². The number of rotatable bonds is 5. The van der Waals surface area contributed by atoms with Crippen LogP contribution in [-0.2, 0) is 11.3 Å². The second-order valence-corrected chi connectivity index (χ2v) is 4.33. The van der Waals surface area contributed by atoms with Crippen LogP contribution in [0.25, 0.3) is 0 Å². The Bertz CT molecular complexity index is 553. The van der Waals surface area contributed by atoms with Gasteiger partial charge in [-0.2, -0.15) is 0 Å². The molecule has 0 radical (unpaired) electrons. The molecule has 2 rings (SSSR count). The zero-order valence-electron chi connectivity index (χ0n) is 10.3. The first-order chi connectivity index (χ1) is 9.28. The van der Waals surface area contributed by atoms with Crippen LogP contribution in [0, 0.1) is 12.3 Å². The lowest BCUT2D eigenvalue weighted by molar-refractivity contribution is 0.153. The molecule has 0 N–H and O–H groups in total. The summed E-state index contributed by atoms with van der Waals surface area (Å²) in [5, 5.41) is 0.688. The summed E-state index contributed by atoms with van der Waals surface area (Å²) in [6, 6.07) is 14.9. The first-order valence-electron chi connectivity index (χ1n) is 5.81. The van der Waals surface area contributed by atoms with Crippen LogP contribution in [0.5, 0.6) is 11.5 Å². The Morgan fingerprint density at radius 3 is 2.11 bits per heavy atom. The molecule has 0 fully saturated rings. The summed E-state index contributed by atoms with van der Waals surface area (Å²) in [6.07, 6.45) is 5.11. The van der Waals surface area contributed by atoms with Gasteiger partial charge >= 0.3 is 0 Å². The molecule has 2 aromatic rings. The lowest BCUT2D eigenvalue weighted by Gasteiger charge is -2.07. The minimum atomic E-state index is 0.322. The van der Waals surface area contributed by atoms with Crippen molar-refractivity contribution in [1.82, 2.24) is 0 Å². The van der Waals surface area contributed by atoms with E-state index < -0.39 is 0 Å². The molecule has 0 saturated heterocycles. The lowest BCUT2D eigenvalue weighted by Crippen LogP contribution is -1.92. The van der Waals surface area contributed by atoms with Crippen LogP contribution in [0.4, 0.5) is 0 Å². The van der Waals surface area contributed by atoms with Crippen LogP contribution in [-0.4, -0.2) is 6.61 Å². The highest BCUT2D eigenvalue weighted by molar-refractivity contribution is 6.30. The van der Waals surface area contributed by atoms with Crippen LogP contribution < -0.4 is 4.74 Å². The minimum absolute atomic E-state index is 0.322. The second kappa shape index (κ2) is 6.84. The smallest absolute Gasteiger partial charge is 0.127 e. The van der Waals surface area contributed by atoms with Gasteiger partial charge in [-0.15, -0.1) is 6.42 Å². The molecule has 0 saturated carbocycles. The largest absolute Gasteiger partial charge is 0.457 e. The number of benzene rings is 2. The number of halogens is 1. The third kappa shape index (κ3) is 4.33. The van der Waals surface area contributed by atoms with Gasteiger partial charge in [0.15, 0.2) is 0 Å². The summed E-state index contributed by atoms with van der Waals surface area (Å²) >= 11 is 5.81. The molecule has 0 amide bonds. The van der Waals surface area contributed by atoms with Gasteiger partial charge in [-0.1, -0.05) is 29.7 Å². The van der Waals surface area contributed by atoms with Crippen molar-refractivity contribution in [3.05, 3.63) is 59.1 Å². The molecule has 96 valence electrons. The van der Waals surface area contributed by atoms with Crippen LogP contribution in [0.3, 0.4) is 0 Å². The average molecular weight is 273 g/mol. The molecular formula is C16H13ClO2. The molecule has 0 heterocycles. The van der Waals surface area contributed by atoms with Crippen LogP contribution in [0.1, 0.15) is 5.56 Å². The summed E-state index contributed by atoms with van der Waals surface area (Å²) in [4.78, 5) is 0. The van der Waals surface area contributed by atoms with Gasteiger partial charge in [-0.3, -0.25) is 0 Å². The summed E-state index contributed by atoms with van der Waals surface area (Å²) in [5.74, 6) is 3.95. The molecule has 0 bridgehead atoms. The SMILES string of the molecule is C#CCOCc1ccc(Oc2ccc(Cl)cc2)cc1. The van der Waals surface area contributed by atoms with E-state index in [0.29, 0.717) is 18.2 Å². The first-order valence-corrected chi connectivity index (χ1v) is 6.19. The average Bonchev–Trinajstić information content (AvgIpc) is 2.44. The van der Waals surface area contributed by atoms with Gasteiger partial charge in [0.25, 0.3) is 0 Å². The molecule has 0 aliphatic carbocycles. The van der Waals surface area contributed by atoms with E-state index in [4.69, 9.17) is 27.5 Å². The van der Waals surface area contributed by atoms with Crippen molar-refractivity contribution in [2.45, 2.75) is 6.61 Å². The summed E-state index contributed by atoms with van der Waals surface area (Å²) < 4.78 is 10.9. The number of ether oxygens (including phenoxy) is 2. The fourth-order valence-corrected chi connectivity index (χ4v) is 1.65. The van der Waals surface area contributed by atoms with Crippen molar-refractivity contribution in [2.75, 3.05) is 6.61 Å². The highest BCUT2D eigenvalue weighted by Gasteiger charge is 1.98. The van der Waals surface area contributed by atoms with Gasteiger partial charge in [0.05, 0.1) is 6.61 Å². The van der Waals surface area contributed by atoms with E-state index in [9.17, 15) is 0 Å². The highest BCUT2D eigenvalue weighted by atomic mass is 35.5. The van der Waals surface area contributed by atoms with Gasteiger partial charge < -0.3 is 9.47 Å². The molecule has 0 unspecified atom stereocenters. The number of terminal acetylenes is 1. The lowest BCUT2D eigenvalue weighted by atomic mass is 10.2. The van der Waals surface area contributed by atoms with Crippen molar-refractivity contribution in [3.8, 4) is 23.8 Å². The van der Waals surface area contributed by atoms with Gasteiger partial charge in [0.2, 0.25) is 0 Å². The molecule has 0 atom stereocenters. The Balaban J connectivity index is 1.95. The Morgan fingerprint density at radius 2 is 1.53 bits per heavy atom. The Labute approximate surface area is 117 Å². The zero-order valence-corrected chi connectivity index (χ0v) is 11.1. The third-order valence-corrected chi connectivity index (χ3v) is 2.68. The molecule has 19 heavy (non-hydrogen) atoms. The Hall–Kier alpha value is -1.95. The molecule has 3 heteroatoms. The van der Waals surface area contributed by atoms with Crippen LogP contribution in [0.15, 0.2) is 48.5 Å². The second-order valence-electron chi connectivity index (χ2n) is 3.90. The van der Waals surface area contributed by atoms with E-state index in [2.05, 4.69) is 5.92 Å². The first kappa shape index (κ1) is 13.5. The normalized spacial score (nSPS) is 9.89. The predicted octanol–water partition coefficient (Wildman–Crippen LogP) is 4.28. The van der Waals surface area contributed by atoms with E-state index >= 15 is 0 Å².